The lowest BCUT2D eigenvalue weighted by atomic mass is 10.1. The van der Waals surface area contributed by atoms with Crippen molar-refractivity contribution in [2.75, 3.05) is 10.6 Å². The van der Waals surface area contributed by atoms with Gasteiger partial charge in [-0.15, -0.1) is 11.8 Å². The molecule has 5 aromatic carbocycles. The van der Waals surface area contributed by atoms with Crippen LogP contribution in [0.1, 0.15) is 21.2 Å². The number of nitrogens with one attached hydrogen (secondary N) is 2. The topological polar surface area (TPSA) is 101 Å². The van der Waals surface area contributed by atoms with Gasteiger partial charge < -0.3 is 10.6 Å². The third kappa shape index (κ3) is 6.14. The lowest BCUT2D eigenvalue weighted by Crippen LogP contribution is -2.19. The van der Waals surface area contributed by atoms with E-state index in [1.54, 1.807) is 12.1 Å². The van der Waals surface area contributed by atoms with Crippen molar-refractivity contribution in [1.82, 2.24) is 0 Å². The first kappa shape index (κ1) is 25.7. The van der Waals surface area contributed by atoms with Gasteiger partial charge in [0, 0.05) is 39.4 Å². The van der Waals surface area contributed by atoms with Crippen LogP contribution in [-0.2, 0) is 4.79 Å². The van der Waals surface area contributed by atoms with Crippen LogP contribution in [0.3, 0.4) is 0 Å². The van der Waals surface area contributed by atoms with Gasteiger partial charge in [0.25, 0.3) is 11.6 Å². The minimum atomic E-state index is -0.539. The summed E-state index contributed by atoms with van der Waals surface area (Å²) in [6.07, 6.45) is 0. The molecule has 0 fully saturated rings. The van der Waals surface area contributed by atoms with Crippen molar-refractivity contribution in [3.8, 4) is 0 Å². The zero-order valence-corrected chi connectivity index (χ0v) is 21.4. The Labute approximate surface area is 229 Å². The first-order valence-electron chi connectivity index (χ1n) is 12.1. The molecule has 0 aromatic heterocycles. The number of nitro benzene ring substituents is 1. The van der Waals surface area contributed by atoms with Crippen LogP contribution in [0.5, 0.6) is 0 Å². The Balaban J connectivity index is 1.33. The van der Waals surface area contributed by atoms with E-state index < -0.39 is 16.1 Å². The molecule has 39 heavy (non-hydrogen) atoms. The van der Waals surface area contributed by atoms with E-state index >= 15 is 0 Å². The van der Waals surface area contributed by atoms with Crippen molar-refractivity contribution in [3.63, 3.8) is 0 Å². The van der Waals surface area contributed by atoms with Crippen molar-refractivity contribution in [2.24, 2.45) is 0 Å². The highest BCUT2D eigenvalue weighted by molar-refractivity contribution is 8.00. The standard InChI is InChI=1S/C31H23N3O4S/c35-30(23-12-6-13-25(20-23)34(37)38)32-24-16-18-26(19-17-24)39-29(22-9-2-1-3-10-22)31(36)33-28-15-7-11-21-8-4-5-14-27(21)28/h1-20,29H,(H,32,35)(H,33,36). The minimum absolute atomic E-state index is 0.148. The summed E-state index contributed by atoms with van der Waals surface area (Å²) in [5.41, 5.74) is 2.19. The van der Waals surface area contributed by atoms with Crippen LogP contribution in [0, 0.1) is 10.1 Å². The predicted octanol–water partition coefficient (Wildman–Crippen LogP) is 7.47. The molecule has 0 saturated carbocycles. The highest BCUT2D eigenvalue weighted by Crippen LogP contribution is 2.37. The molecule has 8 heteroatoms. The molecular formula is C31H23N3O4S. The SMILES string of the molecule is O=C(Nc1ccc(SC(C(=O)Nc2cccc3ccccc23)c2ccccc2)cc1)c1cccc([N+](=O)[O-])c1. The number of thioether (sulfide) groups is 1. The number of hydrogen-bond acceptors (Lipinski definition) is 5. The molecule has 192 valence electrons. The Bertz CT molecular complexity index is 1650. The Morgan fingerprint density at radius 1 is 0.744 bits per heavy atom. The Kier molecular flexibility index (Phi) is 7.65. The second-order valence-corrected chi connectivity index (χ2v) is 9.89. The molecule has 0 aliphatic rings. The number of non-ortho nitro benzene ring substituents is 1. The minimum Gasteiger partial charge on any atom is -0.324 e. The van der Waals surface area contributed by atoms with Crippen LogP contribution in [0.15, 0.2) is 126 Å². The predicted molar refractivity (Wildman–Crippen MR) is 155 cm³/mol. The summed E-state index contributed by atoms with van der Waals surface area (Å²) in [7, 11) is 0. The Morgan fingerprint density at radius 2 is 1.44 bits per heavy atom. The smallest absolute Gasteiger partial charge is 0.270 e. The number of benzene rings is 5. The molecule has 0 radical (unpaired) electrons. The van der Waals surface area contributed by atoms with E-state index in [-0.39, 0.29) is 17.2 Å². The van der Waals surface area contributed by atoms with E-state index in [9.17, 15) is 19.7 Å². The summed E-state index contributed by atoms with van der Waals surface area (Å²) in [4.78, 5) is 37.5. The summed E-state index contributed by atoms with van der Waals surface area (Å²) < 4.78 is 0. The van der Waals surface area contributed by atoms with Gasteiger partial charge in [0.15, 0.2) is 0 Å². The van der Waals surface area contributed by atoms with E-state index in [4.69, 9.17) is 0 Å². The molecule has 5 rings (SSSR count). The molecule has 0 aliphatic carbocycles. The summed E-state index contributed by atoms with van der Waals surface area (Å²) in [5.74, 6) is -0.596. The normalized spacial score (nSPS) is 11.5. The maximum atomic E-state index is 13.6. The number of fused-ring (bicyclic) bond motifs is 1. The molecule has 0 bridgehead atoms. The van der Waals surface area contributed by atoms with Gasteiger partial charge in [-0.2, -0.15) is 0 Å². The molecule has 0 aliphatic heterocycles. The molecule has 0 saturated heterocycles. The van der Waals surface area contributed by atoms with E-state index in [0.717, 1.165) is 26.9 Å². The molecule has 1 atom stereocenters. The van der Waals surface area contributed by atoms with Crippen molar-refractivity contribution >= 4 is 51.4 Å². The van der Waals surface area contributed by atoms with Crippen LogP contribution in [0.2, 0.25) is 0 Å². The quantitative estimate of drug-likeness (QED) is 0.122. The Hall–Kier alpha value is -4.95. The fourth-order valence-corrected chi connectivity index (χ4v) is 5.17. The van der Waals surface area contributed by atoms with Gasteiger partial charge in [0.05, 0.1) is 4.92 Å². The second kappa shape index (κ2) is 11.6. The molecule has 2 N–H and O–H groups in total. The number of carbonyl (C=O) groups excluding carboxylic acids is 2. The van der Waals surface area contributed by atoms with E-state index in [2.05, 4.69) is 10.6 Å². The van der Waals surface area contributed by atoms with Crippen LogP contribution in [-0.4, -0.2) is 16.7 Å². The molecule has 1 unspecified atom stereocenters. The highest BCUT2D eigenvalue weighted by Gasteiger charge is 2.23. The van der Waals surface area contributed by atoms with Crippen LogP contribution in [0.25, 0.3) is 10.8 Å². The molecule has 0 spiro atoms. The van der Waals surface area contributed by atoms with Crippen LogP contribution in [0.4, 0.5) is 17.1 Å². The fourth-order valence-electron chi connectivity index (χ4n) is 4.15. The summed E-state index contributed by atoms with van der Waals surface area (Å²) in [5, 5.41) is 18.4. The fraction of sp³-hybridized carbons (Fsp3) is 0.0323. The molecule has 0 heterocycles. The van der Waals surface area contributed by atoms with Gasteiger partial charge in [-0.25, -0.2) is 0 Å². The van der Waals surface area contributed by atoms with E-state index in [0.29, 0.717) is 5.69 Å². The summed E-state index contributed by atoms with van der Waals surface area (Å²) >= 11 is 1.40. The highest BCUT2D eigenvalue weighted by atomic mass is 32.2. The van der Waals surface area contributed by atoms with Crippen LogP contribution < -0.4 is 10.6 Å². The summed E-state index contributed by atoms with van der Waals surface area (Å²) in [6, 6.07) is 36.0. The van der Waals surface area contributed by atoms with Crippen molar-refractivity contribution in [3.05, 3.63) is 143 Å². The van der Waals surface area contributed by atoms with E-state index in [1.807, 2.05) is 84.9 Å². The van der Waals surface area contributed by atoms with Gasteiger partial charge in [-0.3, -0.25) is 19.7 Å². The molecule has 7 nitrogen and oxygen atoms in total. The maximum Gasteiger partial charge on any atom is 0.270 e. The summed E-state index contributed by atoms with van der Waals surface area (Å²) in [6.45, 7) is 0. The van der Waals surface area contributed by atoms with Gasteiger partial charge in [-0.05, 0) is 47.3 Å². The molecule has 2 amide bonds. The average Bonchev–Trinajstić information content (AvgIpc) is 2.97. The largest absolute Gasteiger partial charge is 0.324 e. The monoisotopic (exact) mass is 533 g/mol. The number of amides is 2. The Morgan fingerprint density at radius 3 is 2.21 bits per heavy atom. The average molecular weight is 534 g/mol. The first-order valence-corrected chi connectivity index (χ1v) is 13.0. The van der Waals surface area contributed by atoms with Gasteiger partial charge in [0.1, 0.15) is 5.25 Å². The second-order valence-electron chi connectivity index (χ2n) is 8.71. The number of nitro groups is 1. The first-order chi connectivity index (χ1) is 19.0. The van der Waals surface area contributed by atoms with E-state index in [1.165, 1.54) is 36.0 Å². The number of hydrogen-bond donors (Lipinski definition) is 2. The molecular weight excluding hydrogens is 510 g/mol. The van der Waals surface area contributed by atoms with Crippen molar-refractivity contribution < 1.29 is 14.5 Å². The van der Waals surface area contributed by atoms with Crippen molar-refractivity contribution in [2.45, 2.75) is 10.1 Å². The zero-order valence-electron chi connectivity index (χ0n) is 20.6. The number of rotatable bonds is 8. The maximum absolute atomic E-state index is 13.6. The number of anilines is 2. The lowest BCUT2D eigenvalue weighted by molar-refractivity contribution is -0.384. The number of nitrogens with zero attached hydrogens (tertiary/aromatic N) is 1. The van der Waals surface area contributed by atoms with Crippen LogP contribution >= 0.6 is 11.8 Å². The molecule has 5 aromatic rings. The zero-order chi connectivity index (χ0) is 27.2. The van der Waals surface area contributed by atoms with Gasteiger partial charge in [0.2, 0.25) is 5.91 Å². The lowest BCUT2D eigenvalue weighted by Gasteiger charge is -2.18. The van der Waals surface area contributed by atoms with Gasteiger partial charge in [-0.1, -0.05) is 72.8 Å². The van der Waals surface area contributed by atoms with Gasteiger partial charge >= 0.3 is 0 Å². The van der Waals surface area contributed by atoms with Crippen molar-refractivity contribution in [1.29, 1.82) is 0 Å². The number of carbonyl (C=O) groups is 2. The third-order valence-corrected chi connectivity index (χ3v) is 7.34. The third-order valence-electron chi connectivity index (χ3n) is 6.07.